The second-order valence-corrected chi connectivity index (χ2v) is 6.67. The van der Waals surface area contributed by atoms with Crippen LogP contribution in [0, 0.1) is 12.3 Å². The van der Waals surface area contributed by atoms with E-state index in [1.165, 1.54) is 33.7 Å². The van der Waals surface area contributed by atoms with E-state index in [2.05, 4.69) is 134 Å². The lowest BCUT2D eigenvalue weighted by atomic mass is 9.81. The van der Waals surface area contributed by atoms with Crippen LogP contribution >= 0.6 is 0 Å². The molecule has 0 N–H and O–H groups in total. The van der Waals surface area contributed by atoms with E-state index >= 15 is 0 Å². The zero-order chi connectivity index (χ0) is 19.0. The maximum atomic E-state index is 2.27. The summed E-state index contributed by atoms with van der Waals surface area (Å²) in [5.74, 6) is 1.21. The van der Waals surface area contributed by atoms with Gasteiger partial charge in [0, 0.05) is 0 Å². The molecule has 0 nitrogen and oxygen atoms in total. The Kier molecular flexibility index (Phi) is 5.60. The molecule has 0 heteroatoms. The first-order valence-electron chi connectivity index (χ1n) is 9.55. The van der Waals surface area contributed by atoms with E-state index in [0.29, 0.717) is 0 Å². The molecule has 0 heterocycles. The summed E-state index contributed by atoms with van der Waals surface area (Å²) in [6.45, 7) is 0. The largest absolute Gasteiger partial charge is 0.195 e. The van der Waals surface area contributed by atoms with Crippen LogP contribution in [0.25, 0.3) is 11.6 Å². The summed E-state index contributed by atoms with van der Waals surface area (Å²) in [5, 5.41) is 0. The molecule has 0 aromatic heterocycles. The Balaban J connectivity index is 1.84. The van der Waals surface area contributed by atoms with E-state index in [9.17, 15) is 0 Å². The quantitative estimate of drug-likeness (QED) is 0.255. The smallest absolute Gasteiger partial charge is 0.0585 e. The van der Waals surface area contributed by atoms with Crippen LogP contribution in [-0.4, -0.2) is 0 Å². The molecule has 0 saturated carbocycles. The first-order valence-corrected chi connectivity index (χ1v) is 9.55. The highest BCUT2D eigenvalue weighted by molar-refractivity contribution is 5.93. The summed E-state index contributed by atoms with van der Waals surface area (Å²) in [5.41, 5.74) is 6.00. The van der Waals surface area contributed by atoms with E-state index < -0.39 is 0 Å². The van der Waals surface area contributed by atoms with Crippen molar-refractivity contribution in [3.63, 3.8) is 0 Å². The van der Waals surface area contributed by atoms with Gasteiger partial charge < -0.3 is 0 Å². The average Bonchev–Trinajstić information content (AvgIpc) is 2.79. The lowest BCUT2D eigenvalue weighted by Crippen LogP contribution is -2.05. The van der Waals surface area contributed by atoms with Gasteiger partial charge in [-0.15, -0.1) is 47.4 Å². The normalized spacial score (nSPS) is 11.1. The molecule has 0 fully saturated rings. The van der Waals surface area contributed by atoms with Gasteiger partial charge >= 0.3 is 0 Å². The minimum Gasteiger partial charge on any atom is -0.195 e. The van der Waals surface area contributed by atoms with Crippen molar-refractivity contribution in [1.82, 2.24) is 0 Å². The van der Waals surface area contributed by atoms with Crippen LogP contribution in [0.15, 0.2) is 121 Å². The SMILES string of the molecule is C(=C(c1ccccc1)[C-]([CH-]c1ccccc1)c1ccccc1)c1ccccc1. The van der Waals surface area contributed by atoms with Gasteiger partial charge in [0.25, 0.3) is 0 Å². The monoisotopic (exact) mass is 358 g/mol. The van der Waals surface area contributed by atoms with Gasteiger partial charge in [0.1, 0.15) is 0 Å². The first kappa shape index (κ1) is 17.8. The molecule has 0 atom stereocenters. The molecule has 28 heavy (non-hydrogen) atoms. The molecular weight excluding hydrogens is 336 g/mol. The van der Waals surface area contributed by atoms with Gasteiger partial charge in [-0.3, -0.25) is 0 Å². The van der Waals surface area contributed by atoms with Crippen molar-refractivity contribution in [3.05, 3.63) is 156 Å². The summed E-state index contributed by atoms with van der Waals surface area (Å²) in [7, 11) is 0. The summed E-state index contributed by atoms with van der Waals surface area (Å²) < 4.78 is 0. The highest BCUT2D eigenvalue weighted by Crippen LogP contribution is 2.36. The Morgan fingerprint density at radius 1 is 0.571 bits per heavy atom. The maximum absolute atomic E-state index is 2.27. The topological polar surface area (TPSA) is 0 Å². The maximum Gasteiger partial charge on any atom is -0.0585 e. The molecule has 0 bridgehead atoms. The summed E-state index contributed by atoms with van der Waals surface area (Å²) in [6, 6.07) is 42.2. The van der Waals surface area contributed by atoms with Crippen LogP contribution in [0.4, 0.5) is 0 Å². The number of hydrogen-bond acceptors (Lipinski definition) is 0. The Hall–Kier alpha value is -3.64. The third kappa shape index (κ3) is 4.36. The van der Waals surface area contributed by atoms with E-state index in [4.69, 9.17) is 0 Å². The first-order chi connectivity index (χ1) is 13.9. The molecule has 0 unspecified atom stereocenters. The highest BCUT2D eigenvalue weighted by atomic mass is 14.2. The molecule has 136 valence electrons. The van der Waals surface area contributed by atoms with Crippen LogP contribution in [0.1, 0.15) is 22.3 Å². The summed E-state index contributed by atoms with van der Waals surface area (Å²) >= 11 is 0. The Morgan fingerprint density at radius 2 is 1.07 bits per heavy atom. The molecule has 4 aromatic rings. The standard InChI is InChI=1S/C28H22/c1-5-13-23(14-6-1)21-27(25-17-9-3-10-18-25)28(26-19-11-4-12-20-26)22-24-15-7-2-8-16-24/h1-22H/q-2. The number of rotatable bonds is 6. The molecular formula is C28H22-2. The fourth-order valence-corrected chi connectivity index (χ4v) is 3.30. The van der Waals surface area contributed by atoms with Gasteiger partial charge in [-0.1, -0.05) is 96.1 Å². The second-order valence-electron chi connectivity index (χ2n) is 6.67. The highest BCUT2D eigenvalue weighted by Gasteiger charge is 2.08. The van der Waals surface area contributed by atoms with E-state index in [1.54, 1.807) is 0 Å². The van der Waals surface area contributed by atoms with Crippen molar-refractivity contribution in [2.24, 2.45) is 0 Å². The Labute approximate surface area is 167 Å². The molecule has 0 aliphatic carbocycles. The number of hydrogen-bond donors (Lipinski definition) is 0. The van der Waals surface area contributed by atoms with Crippen LogP contribution in [0.3, 0.4) is 0 Å². The molecule has 4 rings (SSSR count). The van der Waals surface area contributed by atoms with Gasteiger partial charge in [-0.05, 0) is 0 Å². The molecule has 0 aliphatic rings. The molecule has 0 spiro atoms. The zero-order valence-electron chi connectivity index (χ0n) is 15.7. The zero-order valence-corrected chi connectivity index (χ0v) is 15.7. The number of benzene rings is 4. The molecule has 0 amide bonds. The van der Waals surface area contributed by atoms with Crippen LogP contribution in [0.2, 0.25) is 0 Å². The van der Waals surface area contributed by atoms with Crippen LogP contribution in [-0.2, 0) is 0 Å². The molecule has 4 aromatic carbocycles. The minimum atomic E-state index is 1.19. The third-order valence-corrected chi connectivity index (χ3v) is 4.68. The van der Waals surface area contributed by atoms with Crippen molar-refractivity contribution in [1.29, 1.82) is 0 Å². The number of allylic oxidation sites excluding steroid dienone is 1. The Bertz CT molecular complexity index is 1000. The van der Waals surface area contributed by atoms with Gasteiger partial charge in [0.15, 0.2) is 0 Å². The summed E-state index contributed by atoms with van der Waals surface area (Å²) in [6.07, 6.45) is 4.55. The van der Waals surface area contributed by atoms with E-state index in [-0.39, 0.29) is 0 Å². The fraction of sp³-hybridized carbons (Fsp3) is 0. The van der Waals surface area contributed by atoms with Crippen molar-refractivity contribution < 1.29 is 0 Å². The van der Waals surface area contributed by atoms with E-state index in [1.807, 2.05) is 0 Å². The fourth-order valence-electron chi connectivity index (χ4n) is 3.30. The van der Waals surface area contributed by atoms with Gasteiger partial charge in [0.05, 0.1) is 0 Å². The lowest BCUT2D eigenvalue weighted by Gasteiger charge is -2.33. The van der Waals surface area contributed by atoms with Crippen molar-refractivity contribution in [2.45, 2.75) is 0 Å². The lowest BCUT2D eigenvalue weighted by molar-refractivity contribution is 1.27. The van der Waals surface area contributed by atoms with Gasteiger partial charge in [-0.25, -0.2) is 0 Å². The minimum absolute atomic E-state index is 1.19. The third-order valence-electron chi connectivity index (χ3n) is 4.68. The second kappa shape index (κ2) is 8.83. The molecule has 0 radical (unpaired) electrons. The predicted molar refractivity (Wildman–Crippen MR) is 119 cm³/mol. The average molecular weight is 358 g/mol. The molecule has 0 saturated heterocycles. The van der Waals surface area contributed by atoms with Gasteiger partial charge in [0.2, 0.25) is 0 Å². The van der Waals surface area contributed by atoms with Crippen molar-refractivity contribution >= 4 is 11.6 Å². The molecule has 0 aliphatic heterocycles. The van der Waals surface area contributed by atoms with Gasteiger partial charge in [-0.2, -0.15) is 24.1 Å². The predicted octanol–water partition coefficient (Wildman–Crippen LogP) is 7.10. The summed E-state index contributed by atoms with van der Waals surface area (Å²) in [4.78, 5) is 0. The van der Waals surface area contributed by atoms with Crippen LogP contribution < -0.4 is 0 Å². The Morgan fingerprint density at radius 3 is 1.68 bits per heavy atom. The van der Waals surface area contributed by atoms with Crippen LogP contribution in [0.5, 0.6) is 0 Å². The van der Waals surface area contributed by atoms with E-state index in [0.717, 1.165) is 0 Å². The van der Waals surface area contributed by atoms with Crippen molar-refractivity contribution in [2.75, 3.05) is 0 Å². The van der Waals surface area contributed by atoms with Crippen molar-refractivity contribution in [3.8, 4) is 0 Å².